The fraction of sp³-hybridized carbons (Fsp3) is 0.172. The third-order valence-corrected chi connectivity index (χ3v) is 7.58. The van der Waals surface area contributed by atoms with E-state index in [1.807, 2.05) is 0 Å². The van der Waals surface area contributed by atoms with Crippen LogP contribution in [0.2, 0.25) is 0 Å². The largest absolute Gasteiger partial charge is 0.0620 e. The van der Waals surface area contributed by atoms with Gasteiger partial charge in [0.15, 0.2) is 0 Å². The van der Waals surface area contributed by atoms with Crippen LogP contribution in [0.5, 0.6) is 0 Å². The molecular weight excluding hydrogens is 348 g/mol. The number of hydrogen-bond acceptors (Lipinski definition) is 0. The first-order chi connectivity index (χ1) is 14.3. The Kier molecular flexibility index (Phi) is 2.98. The van der Waals surface area contributed by atoms with Gasteiger partial charge in [-0.3, -0.25) is 0 Å². The summed E-state index contributed by atoms with van der Waals surface area (Å²) in [4.78, 5) is 0. The molecule has 0 heterocycles. The lowest BCUT2D eigenvalue weighted by atomic mass is 9.53. The topological polar surface area (TPSA) is 0 Å². The second-order valence-electron chi connectivity index (χ2n) is 8.93. The van der Waals surface area contributed by atoms with Crippen molar-refractivity contribution >= 4 is 0 Å². The van der Waals surface area contributed by atoms with E-state index in [1.54, 1.807) is 11.1 Å². The molecule has 0 radical (unpaired) electrons. The summed E-state index contributed by atoms with van der Waals surface area (Å²) in [6.07, 6.45) is 0. The Morgan fingerprint density at radius 3 is 1.07 bits per heavy atom. The van der Waals surface area contributed by atoms with Gasteiger partial charge in [-0.2, -0.15) is 0 Å². The molecule has 4 aromatic rings. The molecule has 10 rings (SSSR count). The number of hydrogen-bond donors (Lipinski definition) is 0. The maximum atomic E-state index is 2.47. The van der Waals surface area contributed by atoms with Gasteiger partial charge in [0, 0.05) is 23.7 Å². The van der Waals surface area contributed by atoms with Crippen molar-refractivity contribution in [2.45, 2.75) is 30.6 Å². The Morgan fingerprint density at radius 2 is 0.690 bits per heavy atom. The first-order valence-corrected chi connectivity index (χ1v) is 10.7. The summed E-state index contributed by atoms with van der Waals surface area (Å²) in [6, 6.07) is 34.9. The van der Waals surface area contributed by atoms with E-state index in [9.17, 15) is 0 Å². The summed E-state index contributed by atoms with van der Waals surface area (Å²) >= 11 is 0. The molecule has 2 atom stereocenters. The van der Waals surface area contributed by atoms with Gasteiger partial charge >= 0.3 is 0 Å². The van der Waals surface area contributed by atoms with Crippen molar-refractivity contribution in [1.29, 1.82) is 0 Å². The van der Waals surface area contributed by atoms with Crippen LogP contribution >= 0.6 is 0 Å². The molecule has 0 N–H and O–H groups in total. The van der Waals surface area contributed by atoms with Crippen LogP contribution in [-0.2, 0) is 0 Å². The zero-order chi connectivity index (χ0) is 19.1. The molecule has 0 aliphatic heterocycles. The van der Waals surface area contributed by atoms with Crippen LogP contribution in [0.3, 0.4) is 0 Å². The van der Waals surface area contributed by atoms with Crippen LogP contribution in [-0.4, -0.2) is 0 Å². The van der Waals surface area contributed by atoms with Gasteiger partial charge in [0.2, 0.25) is 0 Å². The van der Waals surface area contributed by atoms with Gasteiger partial charge in [-0.15, -0.1) is 0 Å². The average molecular weight is 370 g/mol. The van der Waals surface area contributed by atoms with E-state index in [-0.39, 0.29) is 0 Å². The van der Waals surface area contributed by atoms with Crippen molar-refractivity contribution in [2.75, 3.05) is 0 Å². The van der Waals surface area contributed by atoms with Crippen molar-refractivity contribution in [3.8, 4) is 0 Å². The summed E-state index contributed by atoms with van der Waals surface area (Å²) < 4.78 is 0. The summed E-state index contributed by atoms with van der Waals surface area (Å²) in [5.41, 5.74) is 13.7. The number of rotatable bonds is 0. The fourth-order valence-corrected chi connectivity index (χ4v) is 6.59. The highest BCUT2D eigenvalue weighted by molar-refractivity contribution is 5.67. The maximum absolute atomic E-state index is 2.47. The molecule has 4 bridgehead atoms. The zero-order valence-corrected chi connectivity index (χ0v) is 16.5. The molecule has 0 spiro atoms. The molecule has 4 aromatic carbocycles. The average Bonchev–Trinajstić information content (AvgIpc) is 2.75. The van der Waals surface area contributed by atoms with Gasteiger partial charge < -0.3 is 0 Å². The molecule has 0 fully saturated rings. The lowest BCUT2D eigenvalue weighted by Gasteiger charge is -2.50. The highest BCUT2D eigenvalue weighted by atomic mass is 14.5. The molecule has 0 saturated heterocycles. The molecule has 0 saturated carbocycles. The molecule has 2 unspecified atom stereocenters. The lowest BCUT2D eigenvalue weighted by molar-refractivity contribution is 0.529. The molecule has 0 aromatic heterocycles. The third kappa shape index (κ3) is 1.90. The fourth-order valence-electron chi connectivity index (χ4n) is 6.59. The van der Waals surface area contributed by atoms with E-state index in [2.05, 4.69) is 97.9 Å². The molecule has 0 heteroatoms. The van der Waals surface area contributed by atoms with Crippen LogP contribution in [0, 0.1) is 6.92 Å². The Bertz CT molecular complexity index is 1250. The summed E-state index contributed by atoms with van der Waals surface area (Å²) in [5, 5.41) is 0. The number of benzene rings is 4. The van der Waals surface area contributed by atoms with Gasteiger partial charge in [0.25, 0.3) is 0 Å². The zero-order valence-electron chi connectivity index (χ0n) is 16.5. The van der Waals surface area contributed by atoms with Gasteiger partial charge in [-0.05, 0) is 51.4 Å². The lowest BCUT2D eigenvalue weighted by Crippen LogP contribution is -2.35. The van der Waals surface area contributed by atoms with Crippen LogP contribution in [0.15, 0.2) is 91.0 Å². The van der Waals surface area contributed by atoms with Crippen molar-refractivity contribution < 1.29 is 0 Å². The monoisotopic (exact) mass is 370 g/mol. The minimum absolute atomic E-state index is 0.376. The minimum Gasteiger partial charge on any atom is -0.0620 e. The maximum Gasteiger partial charge on any atom is 0.0205 e. The van der Waals surface area contributed by atoms with Crippen LogP contribution in [0.1, 0.15) is 73.7 Å². The highest BCUT2D eigenvalue weighted by Crippen LogP contribution is 2.63. The van der Waals surface area contributed by atoms with E-state index < -0.39 is 0 Å². The Hall–Kier alpha value is -3.12. The molecule has 0 nitrogen and oxygen atoms in total. The standard InChI is InChI=1S/C29H22/c1-17-14-15-24-25(16-17)29-23-13-7-6-12-22(23)28(24)26-18-8-2-4-10-20(18)27(29)21-11-5-3-9-19(21)26/h2-16,26-29H,1H3. The number of aryl methyl sites for hydroxylation is 1. The smallest absolute Gasteiger partial charge is 0.0205 e. The molecule has 138 valence electrons. The van der Waals surface area contributed by atoms with Crippen molar-refractivity contribution in [3.05, 3.63) is 141 Å². The van der Waals surface area contributed by atoms with Crippen molar-refractivity contribution in [2.24, 2.45) is 0 Å². The van der Waals surface area contributed by atoms with Crippen LogP contribution in [0.4, 0.5) is 0 Å². The Morgan fingerprint density at radius 1 is 0.379 bits per heavy atom. The van der Waals surface area contributed by atoms with E-state index in [4.69, 9.17) is 0 Å². The summed E-state index contributed by atoms with van der Waals surface area (Å²) in [5.74, 6) is 1.51. The molecule has 0 amide bonds. The van der Waals surface area contributed by atoms with Crippen LogP contribution in [0.25, 0.3) is 0 Å². The minimum atomic E-state index is 0.376. The molecule has 29 heavy (non-hydrogen) atoms. The van der Waals surface area contributed by atoms with Gasteiger partial charge in [-0.25, -0.2) is 0 Å². The normalized spacial score (nSPS) is 24.7. The SMILES string of the molecule is Cc1ccc2c(c1)C1c3ccccc3C2C2c3ccccc3C1c1ccccc12. The van der Waals surface area contributed by atoms with E-state index in [0.717, 1.165) is 0 Å². The van der Waals surface area contributed by atoms with Crippen molar-refractivity contribution in [1.82, 2.24) is 0 Å². The highest BCUT2D eigenvalue weighted by Gasteiger charge is 2.49. The van der Waals surface area contributed by atoms with Gasteiger partial charge in [0.05, 0.1) is 0 Å². The van der Waals surface area contributed by atoms with Gasteiger partial charge in [0.1, 0.15) is 0 Å². The summed E-state index contributed by atoms with van der Waals surface area (Å²) in [6.45, 7) is 2.23. The molecule has 6 aliphatic rings. The predicted octanol–water partition coefficient (Wildman–Crippen LogP) is 6.86. The molecule has 6 aliphatic carbocycles. The van der Waals surface area contributed by atoms with Crippen LogP contribution < -0.4 is 0 Å². The quantitative estimate of drug-likeness (QED) is 0.317. The summed E-state index contributed by atoms with van der Waals surface area (Å²) in [7, 11) is 0. The Labute approximate surface area is 171 Å². The predicted molar refractivity (Wildman–Crippen MR) is 118 cm³/mol. The first kappa shape index (κ1) is 15.8. The van der Waals surface area contributed by atoms with Gasteiger partial charge in [-0.1, -0.05) is 96.6 Å². The Balaban J connectivity index is 1.69. The second kappa shape index (κ2) is 5.48. The van der Waals surface area contributed by atoms with E-state index >= 15 is 0 Å². The second-order valence-corrected chi connectivity index (χ2v) is 8.93. The van der Waals surface area contributed by atoms with E-state index in [0.29, 0.717) is 23.7 Å². The van der Waals surface area contributed by atoms with E-state index in [1.165, 1.54) is 38.9 Å². The third-order valence-electron chi connectivity index (χ3n) is 7.58. The molecular formula is C29H22. The van der Waals surface area contributed by atoms with Crippen molar-refractivity contribution in [3.63, 3.8) is 0 Å². The first-order valence-electron chi connectivity index (χ1n) is 10.7.